The van der Waals surface area contributed by atoms with Crippen LogP contribution in [0.25, 0.3) is 0 Å². The Morgan fingerprint density at radius 3 is 2.50 bits per heavy atom. The lowest BCUT2D eigenvalue weighted by atomic mass is 9.99. The molecule has 14 heteroatoms. The van der Waals surface area contributed by atoms with E-state index < -0.39 is 28.2 Å². The van der Waals surface area contributed by atoms with E-state index in [0.29, 0.717) is 17.1 Å². The average molecular weight is 601 g/mol. The zero-order valence-corrected chi connectivity index (χ0v) is 25.0. The summed E-state index contributed by atoms with van der Waals surface area (Å²) in [5, 5.41) is 15.3. The van der Waals surface area contributed by atoms with Crippen LogP contribution in [0.4, 0.5) is 16.2 Å². The summed E-state index contributed by atoms with van der Waals surface area (Å²) in [4.78, 5) is 31.9. The highest BCUT2D eigenvalue weighted by Gasteiger charge is 2.35. The Morgan fingerprint density at radius 1 is 1.21 bits per heavy atom. The molecule has 4 rings (SSSR count). The number of aliphatic hydroxyl groups is 1. The van der Waals surface area contributed by atoms with E-state index in [1.54, 1.807) is 62.0 Å². The van der Waals surface area contributed by atoms with Crippen LogP contribution in [-0.4, -0.2) is 90.2 Å². The van der Waals surface area contributed by atoms with Gasteiger partial charge in [0.1, 0.15) is 17.6 Å². The number of amides is 3. The zero-order valence-electron chi connectivity index (χ0n) is 24.1. The molecule has 1 aliphatic rings. The molecule has 0 bridgehead atoms. The van der Waals surface area contributed by atoms with Gasteiger partial charge in [-0.2, -0.15) is 4.31 Å². The van der Waals surface area contributed by atoms with E-state index >= 15 is 0 Å². The third-order valence-electron chi connectivity index (χ3n) is 7.06. The van der Waals surface area contributed by atoms with Crippen molar-refractivity contribution in [3.8, 4) is 11.5 Å². The Kier molecular flexibility index (Phi) is 9.39. The molecular weight excluding hydrogens is 564 g/mol. The van der Waals surface area contributed by atoms with Crippen molar-refractivity contribution in [2.24, 2.45) is 13.0 Å². The van der Waals surface area contributed by atoms with Gasteiger partial charge in [-0.3, -0.25) is 4.79 Å². The van der Waals surface area contributed by atoms with Crippen LogP contribution < -0.4 is 20.1 Å². The number of nitrogens with zero attached hydrogens (tertiary/aromatic N) is 4. The predicted molar refractivity (Wildman–Crippen MR) is 156 cm³/mol. The fraction of sp³-hybridized carbons (Fsp3) is 0.393. The summed E-state index contributed by atoms with van der Waals surface area (Å²) in [6, 6.07) is 10.4. The molecule has 1 aliphatic heterocycles. The first-order valence-corrected chi connectivity index (χ1v) is 14.8. The lowest BCUT2D eigenvalue weighted by Gasteiger charge is -2.38. The van der Waals surface area contributed by atoms with E-state index in [1.165, 1.54) is 34.8 Å². The van der Waals surface area contributed by atoms with Crippen molar-refractivity contribution < 1.29 is 32.6 Å². The predicted octanol–water partition coefficient (Wildman–Crippen LogP) is 2.61. The second-order valence-corrected chi connectivity index (χ2v) is 12.3. The van der Waals surface area contributed by atoms with Gasteiger partial charge >= 0.3 is 6.03 Å². The Hall–Kier alpha value is -4.14. The molecule has 13 nitrogen and oxygen atoms in total. The molecular formula is C28H36N6O7S. The normalized spacial score (nSPS) is 18.0. The number of ether oxygens (including phenoxy) is 2. The van der Waals surface area contributed by atoms with Crippen LogP contribution in [0.2, 0.25) is 0 Å². The number of aryl methyl sites for hydroxylation is 1. The number of carbonyl (C=O) groups is 2. The number of aliphatic hydroxyl groups excluding tert-OH is 1. The summed E-state index contributed by atoms with van der Waals surface area (Å²) >= 11 is 0. The molecule has 3 N–H and O–H groups in total. The molecule has 0 saturated carbocycles. The number of aromatic nitrogens is 2. The first-order valence-electron chi connectivity index (χ1n) is 13.3. The zero-order chi connectivity index (χ0) is 30.6. The molecule has 42 heavy (non-hydrogen) atoms. The van der Waals surface area contributed by atoms with Gasteiger partial charge in [0, 0.05) is 44.1 Å². The maximum atomic E-state index is 13.7. The molecule has 3 amide bonds. The van der Waals surface area contributed by atoms with Crippen LogP contribution in [0.1, 0.15) is 24.2 Å². The Labute approximate surface area is 245 Å². The van der Waals surface area contributed by atoms with Gasteiger partial charge in [0.25, 0.3) is 15.9 Å². The number of imidazole rings is 1. The van der Waals surface area contributed by atoms with E-state index in [0.717, 1.165) is 0 Å². The summed E-state index contributed by atoms with van der Waals surface area (Å²) in [6.07, 6.45) is 2.19. The highest BCUT2D eigenvalue weighted by molar-refractivity contribution is 7.89. The van der Waals surface area contributed by atoms with E-state index in [1.807, 2.05) is 6.92 Å². The van der Waals surface area contributed by atoms with Gasteiger partial charge in [-0.05, 0) is 49.4 Å². The molecule has 3 atom stereocenters. The van der Waals surface area contributed by atoms with Crippen LogP contribution in [0.3, 0.4) is 0 Å². The van der Waals surface area contributed by atoms with Crippen molar-refractivity contribution in [3.63, 3.8) is 0 Å². The first kappa shape index (κ1) is 30.8. The molecule has 0 unspecified atom stereocenters. The fourth-order valence-corrected chi connectivity index (χ4v) is 5.66. The highest BCUT2D eigenvalue weighted by Crippen LogP contribution is 2.31. The van der Waals surface area contributed by atoms with E-state index in [2.05, 4.69) is 15.6 Å². The van der Waals surface area contributed by atoms with Crippen LogP contribution in [0, 0.1) is 5.92 Å². The molecule has 2 aromatic carbocycles. The van der Waals surface area contributed by atoms with Crippen molar-refractivity contribution in [2.45, 2.75) is 31.0 Å². The van der Waals surface area contributed by atoms with Crippen molar-refractivity contribution in [2.75, 3.05) is 44.5 Å². The third-order valence-corrected chi connectivity index (χ3v) is 8.77. The largest absolute Gasteiger partial charge is 0.497 e. The number of likely N-dealkylation sites (N-methyl/N-ethyl adjacent to an activating group) is 1. The maximum Gasteiger partial charge on any atom is 0.323 e. The number of sulfonamides is 1. The van der Waals surface area contributed by atoms with Crippen LogP contribution >= 0.6 is 0 Å². The van der Waals surface area contributed by atoms with Crippen molar-refractivity contribution in [1.82, 2.24) is 18.8 Å². The van der Waals surface area contributed by atoms with Gasteiger partial charge in [0.2, 0.25) is 0 Å². The van der Waals surface area contributed by atoms with Crippen LogP contribution in [-0.2, 0) is 17.1 Å². The Balaban J connectivity index is 1.59. The van der Waals surface area contributed by atoms with Crippen molar-refractivity contribution >= 4 is 33.3 Å². The SMILES string of the molecule is COc1ccc(NC(=O)Nc2ccc3c(c2)C(=O)N([C@@H](C)CO)C[C@@H](C)[C@@H](CN(C)S(=O)(=O)c2cn(C)cn2)O3)cc1. The number of benzene rings is 2. The minimum Gasteiger partial charge on any atom is -0.497 e. The number of anilines is 2. The first-order chi connectivity index (χ1) is 19.9. The summed E-state index contributed by atoms with van der Waals surface area (Å²) in [5.74, 6) is 0.198. The number of rotatable bonds is 9. The van der Waals surface area contributed by atoms with E-state index in [-0.39, 0.29) is 47.9 Å². The van der Waals surface area contributed by atoms with Gasteiger partial charge in [-0.25, -0.2) is 18.2 Å². The van der Waals surface area contributed by atoms with Gasteiger partial charge < -0.3 is 34.7 Å². The summed E-state index contributed by atoms with van der Waals surface area (Å²) in [6.45, 7) is 3.51. The van der Waals surface area contributed by atoms with Gasteiger partial charge in [-0.1, -0.05) is 6.92 Å². The molecule has 3 aromatic rings. The number of methoxy groups -OCH3 is 1. The average Bonchev–Trinajstić information content (AvgIpc) is 3.42. The molecule has 0 saturated heterocycles. The van der Waals surface area contributed by atoms with Crippen molar-refractivity contribution in [3.05, 3.63) is 60.6 Å². The monoisotopic (exact) mass is 600 g/mol. The molecule has 2 heterocycles. The summed E-state index contributed by atoms with van der Waals surface area (Å²) < 4.78 is 40.4. The molecule has 0 spiro atoms. The number of nitrogens with one attached hydrogen (secondary N) is 2. The van der Waals surface area contributed by atoms with Gasteiger partial charge in [0.15, 0.2) is 5.03 Å². The van der Waals surface area contributed by atoms with E-state index in [4.69, 9.17) is 9.47 Å². The van der Waals surface area contributed by atoms with Crippen molar-refractivity contribution in [1.29, 1.82) is 0 Å². The number of carbonyl (C=O) groups excluding carboxylic acids is 2. The molecule has 1 aromatic heterocycles. The maximum absolute atomic E-state index is 13.7. The minimum atomic E-state index is -3.90. The van der Waals surface area contributed by atoms with E-state index in [9.17, 15) is 23.1 Å². The second-order valence-electron chi connectivity index (χ2n) is 10.3. The fourth-order valence-electron chi connectivity index (χ4n) is 4.52. The molecule has 0 aliphatic carbocycles. The number of fused-ring (bicyclic) bond motifs is 1. The highest BCUT2D eigenvalue weighted by atomic mass is 32.2. The third kappa shape index (κ3) is 6.83. The lowest BCUT2D eigenvalue weighted by molar-refractivity contribution is 0.0387. The number of hydrogen-bond acceptors (Lipinski definition) is 8. The minimum absolute atomic E-state index is 0.0146. The molecule has 226 valence electrons. The second kappa shape index (κ2) is 12.8. The van der Waals surface area contributed by atoms with Gasteiger partial charge in [0.05, 0.1) is 38.2 Å². The molecule has 0 fully saturated rings. The summed E-state index contributed by atoms with van der Waals surface area (Å²) in [7, 11) is 0.790. The van der Waals surface area contributed by atoms with Crippen LogP contribution in [0.15, 0.2) is 60.0 Å². The number of hydrogen-bond donors (Lipinski definition) is 3. The quantitative estimate of drug-likeness (QED) is 0.339. The topological polar surface area (TPSA) is 155 Å². The lowest BCUT2D eigenvalue weighted by Crippen LogP contribution is -2.50. The summed E-state index contributed by atoms with van der Waals surface area (Å²) in [5.41, 5.74) is 1.06. The molecule has 0 radical (unpaired) electrons. The Morgan fingerprint density at radius 2 is 1.88 bits per heavy atom. The Bertz CT molecular complexity index is 1530. The standard InChI is InChI=1S/C28H36N6O7S/c1-18-13-34(19(2)16-35)27(36)23-12-21(31-28(37)30-20-6-9-22(40-5)10-7-20)8-11-24(23)41-25(18)14-33(4)42(38,39)26-15-32(3)17-29-26/h6-12,15,17-19,25,35H,13-14,16H2,1-5H3,(H2,30,31,37)/t18-,19+,25-/m1/s1. The number of urea groups is 1. The van der Waals surface area contributed by atoms with Crippen LogP contribution in [0.5, 0.6) is 11.5 Å². The van der Waals surface area contributed by atoms with Gasteiger partial charge in [-0.15, -0.1) is 0 Å². The smallest absolute Gasteiger partial charge is 0.323 e.